The normalized spacial score (nSPS) is 12.6. The van der Waals surface area contributed by atoms with E-state index in [9.17, 15) is 4.79 Å². The number of methoxy groups -OCH3 is 1. The molecule has 0 aromatic heterocycles. The first-order chi connectivity index (χ1) is 6.07. The Morgan fingerprint density at radius 3 is 2.54 bits per heavy atom. The third-order valence-electron chi connectivity index (χ3n) is 1.39. The zero-order valence-corrected chi connectivity index (χ0v) is 8.32. The first kappa shape index (κ1) is 12.3. The first-order valence-electron chi connectivity index (χ1n) is 4.02. The van der Waals surface area contributed by atoms with Crippen LogP contribution in [-0.2, 0) is 14.3 Å². The van der Waals surface area contributed by atoms with Crippen molar-refractivity contribution in [2.24, 2.45) is 0 Å². The number of carbonyl (C=O) groups is 1. The molecule has 0 aliphatic carbocycles. The van der Waals surface area contributed by atoms with Gasteiger partial charge in [0.15, 0.2) is 0 Å². The first-order valence-corrected chi connectivity index (χ1v) is 4.02. The molecular weight excluding hydrogens is 174 g/mol. The molecule has 1 amide bonds. The highest BCUT2D eigenvalue weighted by Crippen LogP contribution is 1.88. The summed E-state index contributed by atoms with van der Waals surface area (Å²) in [5, 5.41) is 9.13. The summed E-state index contributed by atoms with van der Waals surface area (Å²) >= 11 is 0. The average molecular weight is 191 g/mol. The minimum Gasteiger partial charge on any atom is -0.388 e. The van der Waals surface area contributed by atoms with Crippen LogP contribution in [0.25, 0.3) is 0 Å². The molecule has 1 atom stereocenters. The van der Waals surface area contributed by atoms with Gasteiger partial charge in [0.2, 0.25) is 5.91 Å². The Balaban J connectivity index is 3.39. The van der Waals surface area contributed by atoms with Gasteiger partial charge in [0.1, 0.15) is 12.7 Å². The van der Waals surface area contributed by atoms with Crippen molar-refractivity contribution in [1.82, 2.24) is 4.90 Å². The minimum atomic E-state index is -0.667. The lowest BCUT2D eigenvalue weighted by Gasteiger charge is -2.12. The number of carbonyl (C=O) groups excluding carboxylic acids is 1. The van der Waals surface area contributed by atoms with Crippen molar-refractivity contribution in [3.05, 3.63) is 0 Å². The van der Waals surface area contributed by atoms with Crippen LogP contribution in [0.5, 0.6) is 0 Å². The van der Waals surface area contributed by atoms with Crippen LogP contribution in [0.4, 0.5) is 0 Å². The van der Waals surface area contributed by atoms with Crippen molar-refractivity contribution in [3.8, 4) is 0 Å². The van der Waals surface area contributed by atoms with Crippen molar-refractivity contribution in [2.75, 3.05) is 41.0 Å². The Kier molecular flexibility index (Phi) is 6.48. The number of hydrogen-bond acceptors (Lipinski definition) is 4. The lowest BCUT2D eigenvalue weighted by Crippen LogP contribution is -2.29. The molecule has 0 spiro atoms. The number of likely N-dealkylation sites (N-methyl/N-ethyl adjacent to an activating group) is 1. The van der Waals surface area contributed by atoms with E-state index in [-0.39, 0.29) is 25.7 Å². The van der Waals surface area contributed by atoms with Gasteiger partial charge in [0, 0.05) is 21.2 Å². The molecule has 0 heterocycles. The molecule has 78 valence electrons. The van der Waals surface area contributed by atoms with Gasteiger partial charge in [-0.1, -0.05) is 0 Å². The molecule has 0 aliphatic rings. The lowest BCUT2D eigenvalue weighted by molar-refractivity contribution is -0.134. The SMILES string of the molecule is COCC(O)COCC(=O)N(C)C. The van der Waals surface area contributed by atoms with Crippen LogP contribution in [-0.4, -0.2) is 63.0 Å². The largest absolute Gasteiger partial charge is 0.388 e. The van der Waals surface area contributed by atoms with Crippen molar-refractivity contribution in [2.45, 2.75) is 6.10 Å². The Hall–Kier alpha value is -0.650. The van der Waals surface area contributed by atoms with Gasteiger partial charge in [0.25, 0.3) is 0 Å². The molecule has 0 saturated carbocycles. The second kappa shape index (κ2) is 6.82. The lowest BCUT2D eigenvalue weighted by atomic mass is 10.4. The number of aliphatic hydroxyl groups is 1. The third-order valence-corrected chi connectivity index (χ3v) is 1.39. The monoisotopic (exact) mass is 191 g/mol. The van der Waals surface area contributed by atoms with Gasteiger partial charge < -0.3 is 19.5 Å². The second-order valence-electron chi connectivity index (χ2n) is 2.91. The van der Waals surface area contributed by atoms with Crippen molar-refractivity contribution in [1.29, 1.82) is 0 Å². The zero-order valence-electron chi connectivity index (χ0n) is 8.32. The van der Waals surface area contributed by atoms with Crippen LogP contribution in [0.2, 0.25) is 0 Å². The fourth-order valence-electron chi connectivity index (χ4n) is 0.652. The van der Waals surface area contributed by atoms with Crippen molar-refractivity contribution in [3.63, 3.8) is 0 Å². The van der Waals surface area contributed by atoms with Gasteiger partial charge in [-0.25, -0.2) is 0 Å². The highest BCUT2D eigenvalue weighted by atomic mass is 16.5. The summed E-state index contributed by atoms with van der Waals surface area (Å²) in [6.45, 7) is 0.331. The van der Waals surface area contributed by atoms with Crippen LogP contribution in [0.1, 0.15) is 0 Å². The number of rotatable bonds is 6. The maximum absolute atomic E-state index is 11.0. The number of nitrogens with zero attached hydrogens (tertiary/aromatic N) is 1. The molecule has 0 rings (SSSR count). The van der Waals surface area contributed by atoms with E-state index >= 15 is 0 Å². The van der Waals surface area contributed by atoms with Gasteiger partial charge >= 0.3 is 0 Å². The minimum absolute atomic E-state index is 0.00618. The Labute approximate surface area is 78.2 Å². The summed E-state index contributed by atoms with van der Waals surface area (Å²) in [7, 11) is 4.79. The molecule has 0 fully saturated rings. The Bertz CT molecular complexity index is 149. The van der Waals surface area contributed by atoms with E-state index < -0.39 is 6.10 Å². The number of ether oxygens (including phenoxy) is 2. The summed E-state index contributed by atoms with van der Waals surface area (Å²) in [5.41, 5.74) is 0. The average Bonchev–Trinajstić information content (AvgIpc) is 2.04. The van der Waals surface area contributed by atoms with Gasteiger partial charge in [-0.15, -0.1) is 0 Å². The Morgan fingerprint density at radius 1 is 1.46 bits per heavy atom. The van der Waals surface area contributed by atoms with Crippen LogP contribution in [0, 0.1) is 0 Å². The highest BCUT2D eigenvalue weighted by Gasteiger charge is 2.07. The molecule has 0 saturated heterocycles. The molecule has 1 unspecified atom stereocenters. The zero-order chi connectivity index (χ0) is 10.3. The molecule has 5 nitrogen and oxygen atoms in total. The predicted molar refractivity (Wildman–Crippen MR) is 47.4 cm³/mol. The van der Waals surface area contributed by atoms with Crippen LogP contribution >= 0.6 is 0 Å². The number of amides is 1. The number of hydrogen-bond donors (Lipinski definition) is 1. The van der Waals surface area contributed by atoms with E-state index in [0.29, 0.717) is 0 Å². The smallest absolute Gasteiger partial charge is 0.248 e. The molecular formula is C8H17NO4. The molecule has 0 aromatic carbocycles. The summed E-state index contributed by atoms with van der Waals surface area (Å²) < 4.78 is 9.63. The second-order valence-corrected chi connectivity index (χ2v) is 2.91. The van der Waals surface area contributed by atoms with E-state index in [2.05, 4.69) is 4.74 Å². The van der Waals surface area contributed by atoms with E-state index in [1.54, 1.807) is 14.1 Å². The molecule has 0 bridgehead atoms. The molecule has 0 aromatic rings. The van der Waals surface area contributed by atoms with E-state index in [1.165, 1.54) is 12.0 Å². The van der Waals surface area contributed by atoms with Gasteiger partial charge in [-0.05, 0) is 0 Å². The Morgan fingerprint density at radius 2 is 2.08 bits per heavy atom. The molecule has 0 radical (unpaired) electrons. The molecule has 1 N–H and O–H groups in total. The maximum atomic E-state index is 11.0. The van der Waals surface area contributed by atoms with E-state index in [0.717, 1.165) is 0 Å². The van der Waals surface area contributed by atoms with Crippen LogP contribution in [0.15, 0.2) is 0 Å². The van der Waals surface area contributed by atoms with Crippen LogP contribution < -0.4 is 0 Å². The van der Waals surface area contributed by atoms with Crippen molar-refractivity contribution >= 4 is 5.91 Å². The fraction of sp³-hybridized carbons (Fsp3) is 0.875. The van der Waals surface area contributed by atoms with Gasteiger partial charge in [-0.3, -0.25) is 4.79 Å². The third kappa shape index (κ3) is 6.51. The molecule has 13 heavy (non-hydrogen) atoms. The van der Waals surface area contributed by atoms with E-state index in [4.69, 9.17) is 9.84 Å². The molecule has 0 aliphatic heterocycles. The predicted octanol–water partition coefficient (Wildman–Crippen LogP) is -0.901. The van der Waals surface area contributed by atoms with Gasteiger partial charge in [-0.2, -0.15) is 0 Å². The van der Waals surface area contributed by atoms with E-state index in [1.807, 2.05) is 0 Å². The van der Waals surface area contributed by atoms with Crippen LogP contribution in [0.3, 0.4) is 0 Å². The summed E-state index contributed by atoms with van der Waals surface area (Å²) in [5.74, 6) is -0.121. The fourth-order valence-corrected chi connectivity index (χ4v) is 0.652. The quantitative estimate of drug-likeness (QED) is 0.591. The topological polar surface area (TPSA) is 59.0 Å². The maximum Gasteiger partial charge on any atom is 0.248 e. The number of aliphatic hydroxyl groups excluding tert-OH is 1. The summed E-state index contributed by atoms with van der Waals surface area (Å²) in [4.78, 5) is 12.4. The van der Waals surface area contributed by atoms with Gasteiger partial charge in [0.05, 0.1) is 13.2 Å². The summed E-state index contributed by atoms with van der Waals surface area (Å²) in [6, 6.07) is 0. The highest BCUT2D eigenvalue weighted by molar-refractivity contribution is 5.76. The summed E-state index contributed by atoms with van der Waals surface area (Å²) in [6.07, 6.45) is -0.667. The molecule has 5 heteroatoms. The van der Waals surface area contributed by atoms with Crippen molar-refractivity contribution < 1.29 is 19.4 Å². The standard InChI is InChI=1S/C8H17NO4/c1-9(2)8(11)6-13-5-7(10)4-12-3/h7,10H,4-6H2,1-3H3.